The maximum Gasteiger partial charge on any atom is 0.122 e. The molecule has 0 unspecified atom stereocenters. The van der Waals surface area contributed by atoms with Crippen LogP contribution in [0.2, 0.25) is 0 Å². The van der Waals surface area contributed by atoms with Crippen LogP contribution in [0.1, 0.15) is 39.3 Å². The van der Waals surface area contributed by atoms with Crippen molar-refractivity contribution in [1.82, 2.24) is 5.32 Å². The van der Waals surface area contributed by atoms with Crippen molar-refractivity contribution in [2.24, 2.45) is 0 Å². The standard InChI is InChI=1S/C18H23NOS/c1-12-5-4-6-18(13(12)2)20-11-15-9-17(21-14(15)3)10-19-16-7-8-16/h4-6,9,16,19H,7-8,10-11H2,1-3H3. The van der Waals surface area contributed by atoms with E-state index in [-0.39, 0.29) is 0 Å². The third-order valence-corrected chi connectivity index (χ3v) is 5.24. The van der Waals surface area contributed by atoms with E-state index in [2.05, 4.69) is 50.4 Å². The largest absolute Gasteiger partial charge is 0.489 e. The summed E-state index contributed by atoms with van der Waals surface area (Å²) >= 11 is 1.88. The molecule has 0 bridgehead atoms. The Morgan fingerprint density at radius 3 is 2.81 bits per heavy atom. The van der Waals surface area contributed by atoms with E-state index in [1.165, 1.54) is 39.3 Å². The summed E-state index contributed by atoms with van der Waals surface area (Å²) < 4.78 is 6.02. The quantitative estimate of drug-likeness (QED) is 0.848. The molecule has 1 heterocycles. The summed E-state index contributed by atoms with van der Waals surface area (Å²) in [5.41, 5.74) is 3.83. The molecule has 0 radical (unpaired) electrons. The molecular weight excluding hydrogens is 278 g/mol. The molecule has 21 heavy (non-hydrogen) atoms. The Morgan fingerprint density at radius 1 is 1.24 bits per heavy atom. The lowest BCUT2D eigenvalue weighted by Gasteiger charge is -2.10. The van der Waals surface area contributed by atoms with Crippen LogP contribution in [0.15, 0.2) is 24.3 Å². The van der Waals surface area contributed by atoms with Gasteiger partial charge in [-0.15, -0.1) is 11.3 Å². The second kappa shape index (κ2) is 6.20. The second-order valence-corrected chi connectivity index (χ2v) is 7.28. The van der Waals surface area contributed by atoms with Crippen molar-refractivity contribution >= 4 is 11.3 Å². The van der Waals surface area contributed by atoms with Crippen LogP contribution in [-0.4, -0.2) is 6.04 Å². The molecule has 0 amide bonds. The topological polar surface area (TPSA) is 21.3 Å². The van der Waals surface area contributed by atoms with Crippen molar-refractivity contribution in [3.05, 3.63) is 50.7 Å². The van der Waals surface area contributed by atoms with E-state index < -0.39 is 0 Å². The van der Waals surface area contributed by atoms with Crippen LogP contribution in [0.3, 0.4) is 0 Å². The zero-order valence-electron chi connectivity index (χ0n) is 13.0. The van der Waals surface area contributed by atoms with Gasteiger partial charge in [-0.2, -0.15) is 0 Å². The molecule has 3 heteroatoms. The molecule has 0 saturated heterocycles. The highest BCUT2D eigenvalue weighted by Gasteiger charge is 2.20. The van der Waals surface area contributed by atoms with Crippen molar-refractivity contribution in [3.8, 4) is 5.75 Å². The average Bonchev–Trinajstić information content (AvgIpc) is 3.22. The van der Waals surface area contributed by atoms with E-state index in [4.69, 9.17) is 4.74 Å². The smallest absolute Gasteiger partial charge is 0.122 e. The van der Waals surface area contributed by atoms with Crippen molar-refractivity contribution in [2.75, 3.05) is 0 Å². The summed E-state index contributed by atoms with van der Waals surface area (Å²) in [5, 5.41) is 3.57. The van der Waals surface area contributed by atoms with Crippen LogP contribution in [-0.2, 0) is 13.2 Å². The van der Waals surface area contributed by atoms with E-state index in [9.17, 15) is 0 Å². The number of hydrogen-bond acceptors (Lipinski definition) is 3. The van der Waals surface area contributed by atoms with Crippen molar-refractivity contribution in [3.63, 3.8) is 0 Å². The van der Waals surface area contributed by atoms with E-state index in [1.807, 2.05) is 11.3 Å². The molecule has 0 spiro atoms. The number of rotatable bonds is 6. The van der Waals surface area contributed by atoms with E-state index in [1.54, 1.807) is 0 Å². The van der Waals surface area contributed by atoms with Crippen LogP contribution in [0.5, 0.6) is 5.75 Å². The maximum atomic E-state index is 6.02. The minimum atomic E-state index is 0.663. The lowest BCUT2D eigenvalue weighted by molar-refractivity contribution is 0.303. The van der Waals surface area contributed by atoms with Crippen molar-refractivity contribution < 1.29 is 4.74 Å². The Bertz CT molecular complexity index is 628. The summed E-state index contributed by atoms with van der Waals surface area (Å²) in [7, 11) is 0. The van der Waals surface area contributed by atoms with Gasteiger partial charge in [0.25, 0.3) is 0 Å². The van der Waals surface area contributed by atoms with Crippen LogP contribution in [0.25, 0.3) is 0 Å². The van der Waals surface area contributed by atoms with Gasteiger partial charge >= 0.3 is 0 Å². The van der Waals surface area contributed by atoms with Gasteiger partial charge in [0.05, 0.1) is 0 Å². The third-order valence-electron chi connectivity index (χ3n) is 4.15. The Morgan fingerprint density at radius 2 is 2.05 bits per heavy atom. The van der Waals surface area contributed by atoms with Gasteiger partial charge in [0.1, 0.15) is 12.4 Å². The Labute approximate surface area is 131 Å². The molecule has 1 aliphatic rings. The number of benzene rings is 1. The Kier molecular flexibility index (Phi) is 4.32. The summed E-state index contributed by atoms with van der Waals surface area (Å²) in [5.74, 6) is 0.998. The van der Waals surface area contributed by atoms with Gasteiger partial charge < -0.3 is 10.1 Å². The molecular formula is C18H23NOS. The monoisotopic (exact) mass is 301 g/mol. The minimum Gasteiger partial charge on any atom is -0.489 e. The van der Waals surface area contributed by atoms with Crippen LogP contribution in [0, 0.1) is 20.8 Å². The van der Waals surface area contributed by atoms with E-state index in [0.717, 1.165) is 18.3 Å². The molecule has 2 aromatic rings. The second-order valence-electron chi connectivity index (χ2n) is 5.94. The average molecular weight is 301 g/mol. The minimum absolute atomic E-state index is 0.663. The predicted molar refractivity (Wildman–Crippen MR) is 89.2 cm³/mol. The first-order valence-corrected chi connectivity index (χ1v) is 8.45. The fourth-order valence-electron chi connectivity index (χ4n) is 2.39. The van der Waals surface area contributed by atoms with Crippen LogP contribution >= 0.6 is 11.3 Å². The van der Waals surface area contributed by atoms with E-state index in [0.29, 0.717) is 6.61 Å². The number of aryl methyl sites for hydroxylation is 2. The molecule has 1 aromatic carbocycles. The molecule has 3 rings (SSSR count). The summed E-state index contributed by atoms with van der Waals surface area (Å²) in [6.45, 7) is 8.10. The van der Waals surface area contributed by atoms with Gasteiger partial charge in [-0.3, -0.25) is 0 Å². The zero-order valence-corrected chi connectivity index (χ0v) is 13.8. The molecule has 0 aliphatic heterocycles. The van der Waals surface area contributed by atoms with E-state index >= 15 is 0 Å². The van der Waals surface area contributed by atoms with Gasteiger partial charge in [-0.05, 0) is 56.9 Å². The Hall–Kier alpha value is -1.32. The predicted octanol–water partition coefficient (Wildman–Crippen LogP) is 4.50. The third kappa shape index (κ3) is 3.66. The van der Waals surface area contributed by atoms with Crippen molar-refractivity contribution in [2.45, 2.75) is 52.8 Å². The summed E-state index contributed by atoms with van der Waals surface area (Å²) in [4.78, 5) is 2.78. The maximum absolute atomic E-state index is 6.02. The zero-order chi connectivity index (χ0) is 14.8. The van der Waals surface area contributed by atoms with Gasteiger partial charge in [0.2, 0.25) is 0 Å². The van der Waals surface area contributed by atoms with Gasteiger partial charge in [-0.25, -0.2) is 0 Å². The number of hydrogen-bond donors (Lipinski definition) is 1. The fourth-order valence-corrected chi connectivity index (χ4v) is 3.39. The highest BCUT2D eigenvalue weighted by Crippen LogP contribution is 2.27. The highest BCUT2D eigenvalue weighted by atomic mass is 32.1. The first-order valence-electron chi connectivity index (χ1n) is 7.64. The number of nitrogens with one attached hydrogen (secondary N) is 1. The molecule has 1 saturated carbocycles. The number of thiophene rings is 1. The molecule has 0 atom stereocenters. The molecule has 1 N–H and O–H groups in total. The first-order chi connectivity index (χ1) is 10.1. The lowest BCUT2D eigenvalue weighted by atomic mass is 10.1. The molecule has 112 valence electrons. The fraction of sp³-hybridized carbons (Fsp3) is 0.444. The normalized spacial score (nSPS) is 14.4. The van der Waals surface area contributed by atoms with Crippen LogP contribution < -0.4 is 10.1 Å². The first kappa shape index (κ1) is 14.6. The SMILES string of the molecule is Cc1cccc(OCc2cc(CNC3CC3)sc2C)c1C. The summed E-state index contributed by atoms with van der Waals surface area (Å²) in [6, 6.07) is 9.30. The molecule has 2 nitrogen and oxygen atoms in total. The lowest BCUT2D eigenvalue weighted by Crippen LogP contribution is -2.14. The van der Waals surface area contributed by atoms with Crippen molar-refractivity contribution in [1.29, 1.82) is 0 Å². The Balaban J connectivity index is 1.62. The molecule has 1 fully saturated rings. The van der Waals surface area contributed by atoms with Crippen LogP contribution in [0.4, 0.5) is 0 Å². The van der Waals surface area contributed by atoms with Gasteiger partial charge in [-0.1, -0.05) is 12.1 Å². The number of ether oxygens (including phenoxy) is 1. The van der Waals surface area contributed by atoms with Gasteiger partial charge in [0.15, 0.2) is 0 Å². The molecule has 1 aromatic heterocycles. The van der Waals surface area contributed by atoms with Gasteiger partial charge in [0, 0.05) is 27.9 Å². The molecule has 1 aliphatic carbocycles. The summed E-state index contributed by atoms with van der Waals surface area (Å²) in [6.07, 6.45) is 2.68. The highest BCUT2D eigenvalue weighted by molar-refractivity contribution is 7.12.